The molecule has 0 aliphatic heterocycles. The van der Waals surface area contributed by atoms with Crippen molar-refractivity contribution in [3.05, 3.63) is 60.6 Å². The number of carbonyl (C=O) groups excluding carboxylic acids is 2. The van der Waals surface area contributed by atoms with Crippen molar-refractivity contribution in [3.63, 3.8) is 0 Å². The summed E-state index contributed by atoms with van der Waals surface area (Å²) >= 11 is 0. The van der Waals surface area contributed by atoms with Crippen LogP contribution >= 0.6 is 0 Å². The zero-order chi connectivity index (χ0) is 18.6. The molecule has 4 rings (SSSR count). The van der Waals surface area contributed by atoms with Gasteiger partial charge in [-0.1, -0.05) is 5.16 Å². The molecule has 1 aliphatic rings. The van der Waals surface area contributed by atoms with E-state index in [0.29, 0.717) is 23.2 Å². The number of hydrogen-bond donors (Lipinski definition) is 3. The summed E-state index contributed by atoms with van der Waals surface area (Å²) in [5.41, 5.74) is 2.13. The minimum absolute atomic E-state index is 0.167. The van der Waals surface area contributed by atoms with Crippen LogP contribution in [0.5, 0.6) is 0 Å². The fourth-order valence-corrected chi connectivity index (χ4v) is 2.44. The molecule has 27 heavy (non-hydrogen) atoms. The van der Waals surface area contributed by atoms with Gasteiger partial charge in [-0.25, -0.2) is 4.79 Å². The van der Waals surface area contributed by atoms with Crippen LogP contribution in [-0.4, -0.2) is 28.1 Å². The van der Waals surface area contributed by atoms with Gasteiger partial charge in [0.2, 0.25) is 0 Å². The van der Waals surface area contributed by atoms with Gasteiger partial charge in [-0.3, -0.25) is 9.78 Å². The van der Waals surface area contributed by atoms with Gasteiger partial charge >= 0.3 is 6.03 Å². The van der Waals surface area contributed by atoms with Gasteiger partial charge in [0.1, 0.15) is 0 Å². The summed E-state index contributed by atoms with van der Waals surface area (Å²) in [6.07, 6.45) is 5.35. The summed E-state index contributed by atoms with van der Waals surface area (Å²) < 4.78 is 5.20. The minimum Gasteiger partial charge on any atom is -0.355 e. The Morgan fingerprint density at radius 3 is 2.44 bits per heavy atom. The Bertz CT molecular complexity index is 949. The molecule has 0 atom stereocenters. The molecule has 0 unspecified atom stereocenters. The summed E-state index contributed by atoms with van der Waals surface area (Å²) in [5, 5.41) is 12.1. The van der Waals surface area contributed by atoms with Crippen molar-refractivity contribution in [2.45, 2.75) is 18.9 Å². The number of rotatable bonds is 5. The van der Waals surface area contributed by atoms with Crippen molar-refractivity contribution in [1.29, 1.82) is 0 Å². The first-order valence-corrected chi connectivity index (χ1v) is 8.53. The molecule has 2 heterocycles. The maximum atomic E-state index is 12.3. The van der Waals surface area contributed by atoms with Gasteiger partial charge in [-0.05, 0) is 49.2 Å². The average Bonchev–Trinajstić information content (AvgIpc) is 3.34. The third-order valence-corrected chi connectivity index (χ3v) is 4.00. The molecule has 1 fully saturated rings. The maximum absolute atomic E-state index is 12.3. The molecular formula is C19H17N5O3. The highest BCUT2D eigenvalue weighted by Crippen LogP contribution is 2.21. The third kappa shape index (κ3) is 4.30. The van der Waals surface area contributed by atoms with Crippen molar-refractivity contribution < 1.29 is 14.1 Å². The van der Waals surface area contributed by atoms with E-state index >= 15 is 0 Å². The lowest BCUT2D eigenvalue weighted by Crippen LogP contribution is -2.30. The minimum atomic E-state index is -0.388. The van der Waals surface area contributed by atoms with Crippen molar-refractivity contribution >= 4 is 23.3 Å². The van der Waals surface area contributed by atoms with E-state index in [0.717, 1.165) is 18.4 Å². The molecule has 136 valence electrons. The highest BCUT2D eigenvalue weighted by atomic mass is 16.5. The van der Waals surface area contributed by atoms with Gasteiger partial charge in [0, 0.05) is 41.4 Å². The Kier molecular flexibility index (Phi) is 4.52. The monoisotopic (exact) mass is 363 g/mol. The summed E-state index contributed by atoms with van der Waals surface area (Å²) in [6, 6.07) is 12.1. The Morgan fingerprint density at radius 1 is 1.04 bits per heavy atom. The van der Waals surface area contributed by atoms with Gasteiger partial charge in [0.15, 0.2) is 11.5 Å². The largest absolute Gasteiger partial charge is 0.355 e. The Balaban J connectivity index is 1.36. The summed E-state index contributed by atoms with van der Waals surface area (Å²) in [6.45, 7) is 0. The van der Waals surface area contributed by atoms with Crippen LogP contribution in [0.15, 0.2) is 59.4 Å². The maximum Gasteiger partial charge on any atom is 0.319 e. The van der Waals surface area contributed by atoms with E-state index in [1.807, 2.05) is 6.07 Å². The van der Waals surface area contributed by atoms with E-state index in [4.69, 9.17) is 4.52 Å². The molecule has 0 bridgehead atoms. The molecule has 0 saturated heterocycles. The highest BCUT2D eigenvalue weighted by Gasteiger charge is 2.23. The fraction of sp³-hybridized carbons (Fsp3) is 0.158. The zero-order valence-electron chi connectivity index (χ0n) is 14.3. The third-order valence-electron chi connectivity index (χ3n) is 4.00. The Morgan fingerprint density at radius 2 is 1.78 bits per heavy atom. The number of amides is 3. The molecule has 8 nitrogen and oxygen atoms in total. The molecule has 1 saturated carbocycles. The molecule has 3 N–H and O–H groups in total. The fourth-order valence-electron chi connectivity index (χ4n) is 2.44. The lowest BCUT2D eigenvalue weighted by Gasteiger charge is -2.08. The molecule has 3 amide bonds. The number of hydrogen-bond acceptors (Lipinski definition) is 5. The Labute approximate surface area is 155 Å². The molecule has 1 aliphatic carbocycles. The van der Waals surface area contributed by atoms with E-state index < -0.39 is 0 Å². The first-order chi connectivity index (χ1) is 13.2. The molecule has 8 heteroatoms. The average molecular weight is 363 g/mol. The summed E-state index contributed by atoms with van der Waals surface area (Å²) in [7, 11) is 0. The van der Waals surface area contributed by atoms with Gasteiger partial charge in [-0.2, -0.15) is 0 Å². The van der Waals surface area contributed by atoms with E-state index in [2.05, 4.69) is 26.1 Å². The predicted octanol–water partition coefficient (Wildman–Crippen LogP) is 3.27. The number of anilines is 2. The van der Waals surface area contributed by atoms with Crippen LogP contribution in [-0.2, 0) is 0 Å². The van der Waals surface area contributed by atoms with Crippen molar-refractivity contribution in [3.8, 4) is 11.3 Å². The lowest BCUT2D eigenvalue weighted by atomic mass is 10.2. The van der Waals surface area contributed by atoms with Gasteiger partial charge in [-0.15, -0.1) is 0 Å². The molecule has 0 spiro atoms. The van der Waals surface area contributed by atoms with Gasteiger partial charge < -0.3 is 20.5 Å². The second-order valence-corrected chi connectivity index (χ2v) is 6.22. The highest BCUT2D eigenvalue weighted by molar-refractivity contribution is 6.03. The Hall–Kier alpha value is -3.68. The molecule has 3 aromatic rings. The number of pyridine rings is 1. The first kappa shape index (κ1) is 16.8. The number of nitrogens with one attached hydrogen (secondary N) is 3. The topological polar surface area (TPSA) is 109 Å². The van der Waals surface area contributed by atoms with E-state index in [-0.39, 0.29) is 17.6 Å². The summed E-state index contributed by atoms with van der Waals surface area (Å²) in [4.78, 5) is 28.0. The smallest absolute Gasteiger partial charge is 0.319 e. The number of nitrogens with zero attached hydrogens (tertiary/aromatic N) is 2. The van der Waals surface area contributed by atoms with Crippen LogP contribution in [0.1, 0.15) is 23.3 Å². The molecule has 1 aromatic carbocycles. The lowest BCUT2D eigenvalue weighted by molar-refractivity contribution is 0.101. The van der Waals surface area contributed by atoms with Gasteiger partial charge in [0.25, 0.3) is 5.91 Å². The van der Waals surface area contributed by atoms with Crippen LogP contribution in [0, 0.1) is 0 Å². The van der Waals surface area contributed by atoms with E-state index in [9.17, 15) is 9.59 Å². The molecule has 0 radical (unpaired) electrons. The van der Waals surface area contributed by atoms with Crippen molar-refractivity contribution in [2.75, 3.05) is 10.6 Å². The van der Waals surface area contributed by atoms with Crippen LogP contribution in [0.4, 0.5) is 16.2 Å². The van der Waals surface area contributed by atoms with Crippen molar-refractivity contribution in [1.82, 2.24) is 15.5 Å². The van der Waals surface area contributed by atoms with E-state index in [1.165, 1.54) is 0 Å². The molecular weight excluding hydrogens is 346 g/mol. The van der Waals surface area contributed by atoms with E-state index in [1.54, 1.807) is 48.8 Å². The number of benzene rings is 1. The van der Waals surface area contributed by atoms with Gasteiger partial charge in [0.05, 0.1) is 0 Å². The van der Waals surface area contributed by atoms with Crippen molar-refractivity contribution in [2.24, 2.45) is 0 Å². The van der Waals surface area contributed by atoms with Crippen LogP contribution < -0.4 is 16.0 Å². The number of carbonyl (C=O) groups is 2. The standard InChI is InChI=1S/C19H17N5O3/c25-18(16-10-17(27-24-16)12-2-1-9-20-11-12)21-13-3-5-14(6-4-13)22-19(26)23-15-7-8-15/h1-6,9-11,15H,7-8H2,(H,21,25)(H2,22,23,26). The zero-order valence-corrected chi connectivity index (χ0v) is 14.3. The van der Waals surface area contributed by atoms with Crippen LogP contribution in [0.3, 0.4) is 0 Å². The first-order valence-electron chi connectivity index (χ1n) is 8.53. The SMILES string of the molecule is O=C(Nc1ccc(NC(=O)c2cc(-c3cccnc3)on2)cc1)NC1CC1. The molecule has 2 aromatic heterocycles. The quantitative estimate of drug-likeness (QED) is 0.644. The predicted molar refractivity (Wildman–Crippen MR) is 99.3 cm³/mol. The van der Waals surface area contributed by atoms with Crippen LogP contribution in [0.2, 0.25) is 0 Å². The normalized spacial score (nSPS) is 13.0. The second-order valence-electron chi connectivity index (χ2n) is 6.22. The second kappa shape index (κ2) is 7.28. The number of aromatic nitrogens is 2. The summed E-state index contributed by atoms with van der Waals surface area (Å²) in [5.74, 6) is 0.0792. The number of urea groups is 1. The van der Waals surface area contributed by atoms with Crippen LogP contribution in [0.25, 0.3) is 11.3 Å².